The zero-order valence-corrected chi connectivity index (χ0v) is 16.4. The van der Waals surface area contributed by atoms with E-state index < -0.39 is 72.2 Å². The van der Waals surface area contributed by atoms with Crippen molar-refractivity contribution in [3.63, 3.8) is 0 Å². The molecule has 2 aliphatic carbocycles. The van der Waals surface area contributed by atoms with Gasteiger partial charge in [0.25, 0.3) is 6.10 Å². The molecule has 2 saturated carbocycles. The third kappa shape index (κ3) is 4.14. The number of carbonyl (C=O) groups is 3. The summed E-state index contributed by atoms with van der Waals surface area (Å²) in [6.07, 6.45) is -18.0. The summed E-state index contributed by atoms with van der Waals surface area (Å²) in [5.41, 5.74) is 0. The molecule has 6 unspecified atom stereocenters. The second-order valence-electron chi connectivity index (χ2n) is 8.41. The van der Waals surface area contributed by atoms with Crippen molar-refractivity contribution >= 4 is 17.9 Å². The van der Waals surface area contributed by atoms with Crippen LogP contribution in [0.4, 0.5) is 26.3 Å². The molecule has 2 aliphatic heterocycles. The fourth-order valence-electron chi connectivity index (χ4n) is 5.22. The number of hydrogen-bond acceptors (Lipinski definition) is 7. The molecule has 0 aromatic rings. The molecule has 180 valence electrons. The van der Waals surface area contributed by atoms with Crippen molar-refractivity contribution in [2.45, 2.75) is 37.1 Å². The molecule has 0 radical (unpaired) electrons. The molecule has 1 N–H and O–H groups in total. The molecule has 4 aliphatic rings. The third-order valence-electron chi connectivity index (χ3n) is 6.51. The van der Waals surface area contributed by atoms with E-state index in [-0.39, 0.29) is 13.0 Å². The molecule has 4 rings (SSSR count). The van der Waals surface area contributed by atoms with Crippen LogP contribution in [0.2, 0.25) is 0 Å². The zero-order valence-electron chi connectivity index (χ0n) is 16.4. The zero-order chi connectivity index (χ0) is 23.4. The summed E-state index contributed by atoms with van der Waals surface area (Å²) in [7, 11) is 0. The molecule has 6 atom stereocenters. The molecule has 2 bridgehead atoms. The van der Waals surface area contributed by atoms with Crippen molar-refractivity contribution in [2.75, 3.05) is 32.8 Å². The molecular weight excluding hydrogens is 456 g/mol. The van der Waals surface area contributed by atoms with E-state index >= 15 is 0 Å². The number of ether oxygens (including phenoxy) is 4. The number of esters is 3. The average molecular weight is 476 g/mol. The van der Waals surface area contributed by atoms with E-state index in [0.717, 1.165) is 4.90 Å². The third-order valence-corrected chi connectivity index (χ3v) is 6.51. The van der Waals surface area contributed by atoms with Gasteiger partial charge in [-0.25, -0.2) is 4.79 Å². The van der Waals surface area contributed by atoms with Crippen molar-refractivity contribution in [1.82, 2.24) is 0 Å². The van der Waals surface area contributed by atoms with Crippen LogP contribution in [0.5, 0.6) is 0 Å². The molecule has 0 amide bonds. The topological polar surface area (TPSA) is 92.6 Å². The highest BCUT2D eigenvalue weighted by Crippen LogP contribution is 2.59. The van der Waals surface area contributed by atoms with E-state index in [1.807, 2.05) is 0 Å². The summed E-state index contributed by atoms with van der Waals surface area (Å²) in [5, 5.41) is 0. The van der Waals surface area contributed by atoms with Crippen LogP contribution in [0.25, 0.3) is 0 Å². The molecule has 14 heteroatoms. The average Bonchev–Trinajstić information content (AvgIpc) is 3.28. The molecular formula is C18H20F6NO7+. The van der Waals surface area contributed by atoms with Gasteiger partial charge in [0.2, 0.25) is 0 Å². The lowest BCUT2D eigenvalue weighted by atomic mass is 9.78. The van der Waals surface area contributed by atoms with Crippen LogP contribution < -0.4 is 4.90 Å². The van der Waals surface area contributed by atoms with Crippen LogP contribution in [0.15, 0.2) is 0 Å². The van der Waals surface area contributed by atoms with Crippen molar-refractivity contribution in [3.05, 3.63) is 0 Å². The SMILES string of the molecule is O=C(C[NH+]1CCOCC1)OC1C2CC3C1OC(=O)C3C2C(=O)OC(C(F)(F)F)C(F)(F)F. The summed E-state index contributed by atoms with van der Waals surface area (Å²) >= 11 is 0. The van der Waals surface area contributed by atoms with Crippen LogP contribution in [0.1, 0.15) is 6.42 Å². The lowest BCUT2D eigenvalue weighted by molar-refractivity contribution is -0.900. The van der Waals surface area contributed by atoms with Gasteiger partial charge in [0.15, 0.2) is 6.54 Å². The van der Waals surface area contributed by atoms with Crippen LogP contribution >= 0.6 is 0 Å². The van der Waals surface area contributed by atoms with Crippen LogP contribution in [0.3, 0.4) is 0 Å². The Labute approximate surface area is 177 Å². The number of halogens is 6. The van der Waals surface area contributed by atoms with Gasteiger partial charge in [-0.1, -0.05) is 0 Å². The molecule has 0 spiro atoms. The number of morpholine rings is 1. The molecule has 0 aromatic carbocycles. The predicted octanol–water partition coefficient (Wildman–Crippen LogP) is -0.343. The lowest BCUT2D eigenvalue weighted by Gasteiger charge is -2.32. The Morgan fingerprint density at radius 2 is 1.69 bits per heavy atom. The van der Waals surface area contributed by atoms with Gasteiger partial charge in [0, 0.05) is 11.8 Å². The van der Waals surface area contributed by atoms with Gasteiger partial charge in [0.1, 0.15) is 25.3 Å². The van der Waals surface area contributed by atoms with Crippen LogP contribution in [-0.2, 0) is 33.3 Å². The fraction of sp³-hybridized carbons (Fsp3) is 0.833. The molecule has 2 saturated heterocycles. The van der Waals surface area contributed by atoms with E-state index in [9.17, 15) is 40.7 Å². The first kappa shape index (κ1) is 23.1. The molecule has 8 nitrogen and oxygen atoms in total. The first-order valence-corrected chi connectivity index (χ1v) is 10.0. The smallest absolute Gasteiger partial charge is 0.434 e. The number of alkyl halides is 6. The Morgan fingerprint density at radius 1 is 1.06 bits per heavy atom. The van der Waals surface area contributed by atoms with Crippen molar-refractivity contribution in [2.24, 2.45) is 23.7 Å². The number of rotatable bonds is 5. The Hall–Kier alpha value is -2.09. The number of nitrogens with one attached hydrogen (secondary N) is 1. The fourth-order valence-corrected chi connectivity index (χ4v) is 5.22. The van der Waals surface area contributed by atoms with Crippen molar-refractivity contribution in [1.29, 1.82) is 0 Å². The van der Waals surface area contributed by atoms with Crippen LogP contribution in [0, 0.1) is 23.7 Å². The maximum atomic E-state index is 12.8. The van der Waals surface area contributed by atoms with Gasteiger partial charge in [-0.3, -0.25) is 9.59 Å². The minimum Gasteiger partial charge on any atom is -0.458 e. The summed E-state index contributed by atoms with van der Waals surface area (Å²) in [4.78, 5) is 37.9. The number of fused-ring (bicyclic) bond motifs is 1. The van der Waals surface area contributed by atoms with Gasteiger partial charge in [0.05, 0.1) is 25.0 Å². The number of quaternary nitrogens is 1. The van der Waals surface area contributed by atoms with E-state index in [1.165, 1.54) is 0 Å². The highest BCUT2D eigenvalue weighted by Gasteiger charge is 2.71. The standard InChI is InChI=1S/C18H19F6NO7/c19-17(20,21)16(18(22,23)24)32-15(28)11-7-5-8-10(11)14(27)31-13(8)12(7)30-9(26)6-25-1-3-29-4-2-25/h7-8,10-13,16H,1-6H2/p+1. The Balaban J connectivity index is 1.48. The van der Waals surface area contributed by atoms with Gasteiger partial charge >= 0.3 is 30.3 Å². The highest BCUT2D eigenvalue weighted by atomic mass is 19.4. The summed E-state index contributed by atoms with van der Waals surface area (Å²) in [5.74, 6) is -7.86. The first-order chi connectivity index (χ1) is 14.9. The van der Waals surface area contributed by atoms with E-state index in [0.29, 0.717) is 26.3 Å². The summed E-state index contributed by atoms with van der Waals surface area (Å²) < 4.78 is 96.5. The minimum atomic E-state index is -5.88. The van der Waals surface area contributed by atoms with Gasteiger partial charge < -0.3 is 23.8 Å². The van der Waals surface area contributed by atoms with Gasteiger partial charge in [-0.15, -0.1) is 0 Å². The number of hydrogen-bond donors (Lipinski definition) is 1. The monoisotopic (exact) mass is 476 g/mol. The Morgan fingerprint density at radius 3 is 2.28 bits per heavy atom. The summed E-state index contributed by atoms with van der Waals surface area (Å²) in [6.45, 7) is 1.97. The quantitative estimate of drug-likeness (QED) is 0.330. The summed E-state index contributed by atoms with van der Waals surface area (Å²) in [6, 6.07) is 0. The van der Waals surface area contributed by atoms with Crippen molar-refractivity contribution < 1.29 is 64.6 Å². The van der Waals surface area contributed by atoms with E-state index in [4.69, 9.17) is 14.2 Å². The Bertz CT molecular complexity index is 767. The second-order valence-corrected chi connectivity index (χ2v) is 8.41. The lowest BCUT2D eigenvalue weighted by Crippen LogP contribution is -3.15. The van der Waals surface area contributed by atoms with E-state index in [1.54, 1.807) is 0 Å². The normalized spacial score (nSPS) is 34.7. The maximum Gasteiger partial charge on any atom is 0.434 e. The highest BCUT2D eigenvalue weighted by molar-refractivity contribution is 5.86. The molecule has 32 heavy (non-hydrogen) atoms. The minimum absolute atomic E-state index is 0.0410. The van der Waals surface area contributed by atoms with Crippen molar-refractivity contribution in [3.8, 4) is 0 Å². The molecule has 2 heterocycles. The molecule has 0 aromatic heterocycles. The van der Waals surface area contributed by atoms with Crippen LogP contribution in [-0.4, -0.2) is 81.4 Å². The first-order valence-electron chi connectivity index (χ1n) is 10.0. The predicted molar refractivity (Wildman–Crippen MR) is 86.7 cm³/mol. The van der Waals surface area contributed by atoms with Gasteiger partial charge in [-0.05, 0) is 6.42 Å². The van der Waals surface area contributed by atoms with Gasteiger partial charge in [-0.2, -0.15) is 26.3 Å². The number of carbonyl (C=O) groups excluding carboxylic acids is 3. The molecule has 4 fully saturated rings. The van der Waals surface area contributed by atoms with E-state index in [2.05, 4.69) is 4.74 Å². The second kappa shape index (κ2) is 8.04. The Kier molecular flexibility index (Phi) is 5.80. The largest absolute Gasteiger partial charge is 0.458 e. The maximum absolute atomic E-state index is 12.8.